The van der Waals surface area contributed by atoms with E-state index < -0.39 is 46.8 Å². The third-order valence-corrected chi connectivity index (χ3v) is 5.23. The molecule has 1 saturated carbocycles. The van der Waals surface area contributed by atoms with Crippen molar-refractivity contribution in [2.45, 2.75) is 78.9 Å². The van der Waals surface area contributed by atoms with Gasteiger partial charge in [-0.2, -0.15) is 0 Å². The van der Waals surface area contributed by atoms with Gasteiger partial charge < -0.3 is 10.2 Å². The highest BCUT2D eigenvalue weighted by molar-refractivity contribution is 6.27. The Kier molecular flexibility index (Phi) is 7.51. The third-order valence-electron chi connectivity index (χ3n) is 5.23. The molecule has 25 heavy (non-hydrogen) atoms. The Labute approximate surface area is 151 Å². The van der Waals surface area contributed by atoms with Crippen LogP contribution in [-0.2, 0) is 14.4 Å². The minimum atomic E-state index is -2.14. The molecule has 5 heteroatoms. The maximum atomic E-state index is 12.9. The van der Waals surface area contributed by atoms with Gasteiger partial charge in [0.25, 0.3) is 0 Å². The predicted molar refractivity (Wildman–Crippen MR) is 95.9 cm³/mol. The molecule has 0 radical (unpaired) electrons. The van der Waals surface area contributed by atoms with Crippen molar-refractivity contribution in [3.05, 3.63) is 0 Å². The smallest absolute Gasteiger partial charge is 0.185 e. The minimum Gasteiger partial charge on any atom is -0.390 e. The van der Waals surface area contributed by atoms with E-state index in [1.807, 2.05) is 27.7 Å². The van der Waals surface area contributed by atoms with Crippen molar-refractivity contribution in [1.82, 2.24) is 0 Å². The number of rotatable bonds is 9. The molecule has 0 aliphatic heterocycles. The average Bonchev–Trinajstić information content (AvgIpc) is 2.69. The molecule has 1 aliphatic carbocycles. The average molecular weight is 354 g/mol. The van der Waals surface area contributed by atoms with Crippen molar-refractivity contribution in [1.29, 1.82) is 0 Å². The number of hydrogen-bond donors (Lipinski definition) is 2. The summed E-state index contributed by atoms with van der Waals surface area (Å²) in [6.45, 7) is 11.2. The van der Waals surface area contributed by atoms with Crippen molar-refractivity contribution in [2.75, 3.05) is 0 Å². The molecule has 0 aromatic heterocycles. The Morgan fingerprint density at radius 2 is 1.52 bits per heavy atom. The van der Waals surface area contributed by atoms with E-state index in [9.17, 15) is 24.6 Å². The van der Waals surface area contributed by atoms with Crippen LogP contribution in [0.2, 0.25) is 0 Å². The van der Waals surface area contributed by atoms with Gasteiger partial charge in [-0.25, -0.2) is 0 Å². The fraction of sp³-hybridized carbons (Fsp3) is 0.850. The maximum Gasteiger partial charge on any atom is 0.185 e. The number of carbonyl (C=O) groups excluding carboxylic acids is 3. The molecule has 1 aliphatic rings. The molecule has 0 spiro atoms. The molecule has 0 amide bonds. The molecular formula is C20H34O5. The lowest BCUT2D eigenvalue weighted by Gasteiger charge is -2.33. The first-order valence-electron chi connectivity index (χ1n) is 9.46. The second kappa shape index (κ2) is 8.54. The van der Waals surface area contributed by atoms with Crippen LogP contribution < -0.4 is 0 Å². The predicted octanol–water partition coefficient (Wildman–Crippen LogP) is 2.56. The molecule has 0 aromatic rings. The van der Waals surface area contributed by atoms with Crippen molar-refractivity contribution < 1.29 is 24.6 Å². The SMILES string of the molecule is CC(C)CCC(O)C1(O)C(=O)C(C(=O)C(C)C)C(=O)C1CCC(C)C. The molecule has 4 atom stereocenters. The van der Waals surface area contributed by atoms with Gasteiger partial charge in [0.2, 0.25) is 0 Å². The first-order valence-corrected chi connectivity index (χ1v) is 9.46. The van der Waals surface area contributed by atoms with Gasteiger partial charge in [-0.3, -0.25) is 14.4 Å². The van der Waals surface area contributed by atoms with Crippen molar-refractivity contribution >= 4 is 17.3 Å². The zero-order valence-electron chi connectivity index (χ0n) is 16.4. The lowest BCUT2D eigenvalue weighted by Crippen LogP contribution is -2.52. The molecule has 1 rings (SSSR count). The standard InChI is InChI=1S/C20H34O5/c1-11(2)7-9-14-18(23)16(17(22)13(5)6)19(24)20(14,25)15(21)10-8-12(3)4/h11-16,21,25H,7-10H2,1-6H3. The van der Waals surface area contributed by atoms with E-state index in [-0.39, 0.29) is 6.42 Å². The quantitative estimate of drug-likeness (QED) is 0.621. The van der Waals surface area contributed by atoms with Crippen LogP contribution in [0.15, 0.2) is 0 Å². The van der Waals surface area contributed by atoms with Crippen molar-refractivity contribution in [3.63, 3.8) is 0 Å². The molecule has 0 saturated heterocycles. The molecular weight excluding hydrogens is 320 g/mol. The summed E-state index contributed by atoms with van der Waals surface area (Å²) in [6, 6.07) is 0. The number of aliphatic hydroxyl groups excluding tert-OH is 1. The maximum absolute atomic E-state index is 12.9. The number of Topliss-reactive ketones (excluding diaryl/α,β-unsaturated/α-hetero) is 3. The number of ketones is 3. The highest BCUT2D eigenvalue weighted by Gasteiger charge is 2.64. The Bertz CT molecular complexity index is 508. The molecule has 4 unspecified atom stereocenters. The monoisotopic (exact) mass is 354 g/mol. The Balaban J connectivity index is 3.20. The van der Waals surface area contributed by atoms with E-state index in [1.165, 1.54) is 0 Å². The Morgan fingerprint density at radius 1 is 1.00 bits per heavy atom. The normalized spacial score (nSPS) is 28.4. The second-order valence-electron chi connectivity index (χ2n) is 8.59. The van der Waals surface area contributed by atoms with Crippen LogP contribution >= 0.6 is 0 Å². The third kappa shape index (κ3) is 4.56. The second-order valence-corrected chi connectivity index (χ2v) is 8.59. The summed E-state index contributed by atoms with van der Waals surface area (Å²) >= 11 is 0. The summed E-state index contributed by atoms with van der Waals surface area (Å²) in [5.74, 6) is -4.10. The van der Waals surface area contributed by atoms with E-state index in [1.54, 1.807) is 13.8 Å². The lowest BCUT2D eigenvalue weighted by atomic mass is 9.78. The highest BCUT2D eigenvalue weighted by Crippen LogP contribution is 2.42. The van der Waals surface area contributed by atoms with Crippen molar-refractivity contribution in [2.24, 2.45) is 29.6 Å². The number of aliphatic hydroxyl groups is 2. The van der Waals surface area contributed by atoms with Crippen molar-refractivity contribution in [3.8, 4) is 0 Å². The van der Waals surface area contributed by atoms with Gasteiger partial charge in [0, 0.05) is 5.92 Å². The summed E-state index contributed by atoms with van der Waals surface area (Å²) < 4.78 is 0. The Morgan fingerprint density at radius 3 is 1.96 bits per heavy atom. The first kappa shape index (κ1) is 22.0. The lowest BCUT2D eigenvalue weighted by molar-refractivity contribution is -0.158. The molecule has 0 aromatic carbocycles. The van der Waals surface area contributed by atoms with E-state index >= 15 is 0 Å². The summed E-state index contributed by atoms with van der Waals surface area (Å²) in [7, 11) is 0. The largest absolute Gasteiger partial charge is 0.390 e. The molecule has 5 nitrogen and oxygen atoms in total. The van der Waals surface area contributed by atoms with E-state index in [4.69, 9.17) is 0 Å². The molecule has 1 fully saturated rings. The van der Waals surface area contributed by atoms with Crippen LogP contribution in [-0.4, -0.2) is 39.3 Å². The summed E-state index contributed by atoms with van der Waals surface area (Å²) in [5.41, 5.74) is -2.14. The topological polar surface area (TPSA) is 91.7 Å². The first-order chi connectivity index (χ1) is 11.4. The van der Waals surface area contributed by atoms with Gasteiger partial charge in [-0.05, 0) is 31.1 Å². The summed E-state index contributed by atoms with van der Waals surface area (Å²) in [6.07, 6.45) is 0.483. The minimum absolute atomic E-state index is 0.230. The van der Waals surface area contributed by atoms with E-state index in [2.05, 4.69) is 0 Å². The van der Waals surface area contributed by atoms with Gasteiger partial charge in [0.05, 0.1) is 12.0 Å². The van der Waals surface area contributed by atoms with Gasteiger partial charge in [0.1, 0.15) is 5.92 Å². The van der Waals surface area contributed by atoms with Gasteiger partial charge in [-0.15, -0.1) is 0 Å². The zero-order valence-corrected chi connectivity index (χ0v) is 16.4. The molecule has 2 N–H and O–H groups in total. The van der Waals surface area contributed by atoms with Crippen LogP contribution in [0.25, 0.3) is 0 Å². The van der Waals surface area contributed by atoms with Crippen LogP contribution in [0, 0.1) is 29.6 Å². The van der Waals surface area contributed by atoms with E-state index in [0.29, 0.717) is 31.1 Å². The molecule has 144 valence electrons. The highest BCUT2D eigenvalue weighted by atomic mass is 16.4. The zero-order chi connectivity index (χ0) is 19.5. The molecule has 0 heterocycles. The fourth-order valence-electron chi connectivity index (χ4n) is 3.52. The Hall–Kier alpha value is -1.07. The number of hydrogen-bond acceptors (Lipinski definition) is 5. The molecule has 0 bridgehead atoms. The summed E-state index contributed by atoms with van der Waals surface area (Å²) in [5, 5.41) is 21.7. The van der Waals surface area contributed by atoms with Gasteiger partial charge >= 0.3 is 0 Å². The van der Waals surface area contributed by atoms with Gasteiger partial charge in [-0.1, -0.05) is 48.0 Å². The number of carbonyl (C=O) groups is 3. The fourth-order valence-corrected chi connectivity index (χ4v) is 3.52. The van der Waals surface area contributed by atoms with Crippen LogP contribution in [0.5, 0.6) is 0 Å². The summed E-state index contributed by atoms with van der Waals surface area (Å²) in [4.78, 5) is 38.1. The van der Waals surface area contributed by atoms with Gasteiger partial charge in [0.15, 0.2) is 23.0 Å². The van der Waals surface area contributed by atoms with Crippen LogP contribution in [0.3, 0.4) is 0 Å². The van der Waals surface area contributed by atoms with Crippen LogP contribution in [0.1, 0.15) is 67.2 Å². The van der Waals surface area contributed by atoms with E-state index in [0.717, 1.165) is 0 Å². The van der Waals surface area contributed by atoms with Crippen LogP contribution in [0.4, 0.5) is 0 Å².